The first-order valence-corrected chi connectivity index (χ1v) is 9.47. The lowest BCUT2D eigenvalue weighted by Crippen LogP contribution is -2.11. The average Bonchev–Trinajstić information content (AvgIpc) is 2.58. The summed E-state index contributed by atoms with van der Waals surface area (Å²) in [6.07, 6.45) is 7.03. The molecule has 4 nitrogen and oxygen atoms in total. The molecule has 0 bridgehead atoms. The van der Waals surface area contributed by atoms with E-state index in [1.165, 1.54) is 25.7 Å². The van der Waals surface area contributed by atoms with Crippen LogP contribution in [0.3, 0.4) is 0 Å². The molecule has 0 saturated carbocycles. The molecule has 0 radical (unpaired) electrons. The summed E-state index contributed by atoms with van der Waals surface area (Å²) in [6, 6.07) is 7.55. The van der Waals surface area contributed by atoms with Gasteiger partial charge in [0, 0.05) is 10.0 Å². The Labute approximate surface area is 153 Å². The summed E-state index contributed by atoms with van der Waals surface area (Å²) in [5, 5.41) is 0. The number of ether oxygens (including phenoxy) is 2. The van der Waals surface area contributed by atoms with E-state index in [2.05, 4.69) is 22.9 Å². The van der Waals surface area contributed by atoms with Gasteiger partial charge in [-0.05, 0) is 12.5 Å². The Morgan fingerprint density at radius 2 is 1.54 bits per heavy atom. The van der Waals surface area contributed by atoms with Crippen molar-refractivity contribution in [1.82, 2.24) is 0 Å². The first kappa shape index (κ1) is 20.7. The summed E-state index contributed by atoms with van der Waals surface area (Å²) in [6.45, 7) is 2.83. The number of unbranched alkanes of at least 4 members (excludes halogenated alkanes) is 5. The summed E-state index contributed by atoms with van der Waals surface area (Å²) in [4.78, 5) is 23.2. The SMILES string of the molecule is CCCCCCCCOC(=O)CCC(=O)OCc1ccccc1Br. The van der Waals surface area contributed by atoms with Crippen LogP contribution in [0.2, 0.25) is 0 Å². The van der Waals surface area contributed by atoms with Gasteiger partial charge in [-0.25, -0.2) is 0 Å². The first-order valence-electron chi connectivity index (χ1n) is 8.68. The second kappa shape index (κ2) is 13.0. The molecule has 0 fully saturated rings. The summed E-state index contributed by atoms with van der Waals surface area (Å²) >= 11 is 3.40. The van der Waals surface area contributed by atoms with Gasteiger partial charge >= 0.3 is 11.9 Å². The van der Waals surface area contributed by atoms with E-state index < -0.39 is 0 Å². The maximum Gasteiger partial charge on any atom is 0.306 e. The lowest BCUT2D eigenvalue weighted by atomic mass is 10.1. The van der Waals surface area contributed by atoms with Crippen molar-refractivity contribution in [3.05, 3.63) is 34.3 Å². The molecular formula is C19H27BrO4. The Kier molecular flexibility index (Phi) is 11.2. The third kappa shape index (κ3) is 9.71. The normalized spacial score (nSPS) is 10.4. The van der Waals surface area contributed by atoms with Gasteiger partial charge < -0.3 is 9.47 Å². The molecule has 134 valence electrons. The van der Waals surface area contributed by atoms with E-state index in [1.807, 2.05) is 24.3 Å². The zero-order valence-corrected chi connectivity index (χ0v) is 16.0. The van der Waals surface area contributed by atoms with Gasteiger partial charge in [-0.1, -0.05) is 73.2 Å². The molecule has 0 amide bonds. The van der Waals surface area contributed by atoms with E-state index >= 15 is 0 Å². The fourth-order valence-electron chi connectivity index (χ4n) is 2.19. The Bertz CT molecular complexity index is 502. The highest BCUT2D eigenvalue weighted by atomic mass is 79.9. The number of rotatable bonds is 12. The Morgan fingerprint density at radius 3 is 2.25 bits per heavy atom. The molecule has 0 saturated heterocycles. The van der Waals surface area contributed by atoms with Crippen molar-refractivity contribution in [2.24, 2.45) is 0 Å². The third-order valence-corrected chi connectivity index (χ3v) is 4.41. The highest BCUT2D eigenvalue weighted by Crippen LogP contribution is 2.16. The fourth-order valence-corrected chi connectivity index (χ4v) is 2.59. The molecule has 0 aliphatic rings. The maximum absolute atomic E-state index is 11.7. The minimum Gasteiger partial charge on any atom is -0.466 e. The van der Waals surface area contributed by atoms with Crippen molar-refractivity contribution in [2.75, 3.05) is 6.61 Å². The van der Waals surface area contributed by atoms with Crippen molar-refractivity contribution < 1.29 is 19.1 Å². The number of carbonyl (C=O) groups is 2. The zero-order valence-electron chi connectivity index (χ0n) is 14.4. The molecule has 0 unspecified atom stereocenters. The molecule has 0 aliphatic carbocycles. The van der Waals surface area contributed by atoms with Gasteiger partial charge in [0.25, 0.3) is 0 Å². The Morgan fingerprint density at radius 1 is 0.917 bits per heavy atom. The van der Waals surface area contributed by atoms with Gasteiger partial charge in [0.15, 0.2) is 0 Å². The monoisotopic (exact) mass is 398 g/mol. The van der Waals surface area contributed by atoms with Crippen LogP contribution in [0.25, 0.3) is 0 Å². The smallest absolute Gasteiger partial charge is 0.306 e. The predicted molar refractivity (Wildman–Crippen MR) is 97.5 cm³/mol. The van der Waals surface area contributed by atoms with E-state index in [9.17, 15) is 9.59 Å². The number of hydrogen-bond acceptors (Lipinski definition) is 4. The lowest BCUT2D eigenvalue weighted by molar-refractivity contribution is -0.151. The van der Waals surface area contributed by atoms with Crippen LogP contribution in [-0.4, -0.2) is 18.5 Å². The molecule has 0 aliphatic heterocycles. The number of halogens is 1. The van der Waals surface area contributed by atoms with Gasteiger partial charge in [-0.3, -0.25) is 9.59 Å². The number of hydrogen-bond donors (Lipinski definition) is 0. The molecular weight excluding hydrogens is 372 g/mol. The zero-order chi connectivity index (χ0) is 17.6. The first-order chi connectivity index (χ1) is 11.6. The molecule has 1 aromatic rings. The number of benzene rings is 1. The topological polar surface area (TPSA) is 52.6 Å². The van der Waals surface area contributed by atoms with Crippen molar-refractivity contribution in [1.29, 1.82) is 0 Å². The number of esters is 2. The standard InChI is InChI=1S/C19H27BrO4/c1-2-3-4-5-6-9-14-23-18(21)12-13-19(22)24-15-16-10-7-8-11-17(16)20/h7-8,10-11H,2-6,9,12-15H2,1H3. The minimum absolute atomic E-state index is 0.0553. The van der Waals surface area contributed by atoms with Gasteiger partial charge in [0.2, 0.25) is 0 Å². The van der Waals surface area contributed by atoms with Gasteiger partial charge in [0.1, 0.15) is 6.61 Å². The highest BCUT2D eigenvalue weighted by Gasteiger charge is 2.10. The highest BCUT2D eigenvalue weighted by molar-refractivity contribution is 9.10. The molecule has 0 atom stereocenters. The van der Waals surface area contributed by atoms with Gasteiger partial charge in [-0.2, -0.15) is 0 Å². The van der Waals surface area contributed by atoms with Crippen LogP contribution in [-0.2, 0) is 25.7 Å². The van der Waals surface area contributed by atoms with E-state index in [1.54, 1.807) is 0 Å². The Hall–Kier alpha value is -1.36. The molecule has 1 rings (SSSR count). The molecule has 0 aromatic heterocycles. The maximum atomic E-state index is 11.7. The minimum atomic E-state index is -0.387. The van der Waals surface area contributed by atoms with Crippen LogP contribution in [0.4, 0.5) is 0 Å². The predicted octanol–water partition coefficient (Wildman–Crippen LogP) is 5.18. The molecule has 1 aromatic carbocycles. The third-order valence-electron chi connectivity index (χ3n) is 3.64. The molecule has 5 heteroatoms. The second-order valence-corrected chi connectivity index (χ2v) is 6.59. The average molecular weight is 399 g/mol. The van der Waals surface area contributed by atoms with Crippen LogP contribution in [0.5, 0.6) is 0 Å². The largest absolute Gasteiger partial charge is 0.466 e. The molecule has 0 N–H and O–H groups in total. The lowest BCUT2D eigenvalue weighted by Gasteiger charge is -2.07. The van der Waals surface area contributed by atoms with Crippen LogP contribution in [0, 0.1) is 0 Å². The van der Waals surface area contributed by atoms with E-state index in [0.717, 1.165) is 22.9 Å². The summed E-state index contributed by atoms with van der Waals surface area (Å²) in [5.74, 6) is -0.719. The summed E-state index contributed by atoms with van der Waals surface area (Å²) < 4.78 is 11.2. The van der Waals surface area contributed by atoms with Crippen LogP contribution >= 0.6 is 15.9 Å². The Balaban J connectivity index is 2.05. The van der Waals surface area contributed by atoms with Crippen molar-refractivity contribution >= 4 is 27.9 Å². The van der Waals surface area contributed by atoms with Crippen LogP contribution < -0.4 is 0 Å². The van der Waals surface area contributed by atoms with Crippen molar-refractivity contribution in [3.63, 3.8) is 0 Å². The fraction of sp³-hybridized carbons (Fsp3) is 0.579. The van der Waals surface area contributed by atoms with E-state index in [0.29, 0.717) is 6.61 Å². The van der Waals surface area contributed by atoms with Crippen LogP contribution in [0.1, 0.15) is 63.9 Å². The summed E-state index contributed by atoms with van der Waals surface area (Å²) in [7, 11) is 0. The number of carbonyl (C=O) groups excluding carboxylic acids is 2. The van der Waals surface area contributed by atoms with E-state index in [-0.39, 0.29) is 31.4 Å². The van der Waals surface area contributed by atoms with Crippen LogP contribution in [0.15, 0.2) is 28.7 Å². The van der Waals surface area contributed by atoms with Crippen molar-refractivity contribution in [3.8, 4) is 0 Å². The van der Waals surface area contributed by atoms with Gasteiger partial charge in [0.05, 0.1) is 19.4 Å². The van der Waals surface area contributed by atoms with E-state index in [4.69, 9.17) is 9.47 Å². The summed E-state index contributed by atoms with van der Waals surface area (Å²) in [5.41, 5.74) is 0.900. The van der Waals surface area contributed by atoms with Gasteiger partial charge in [-0.15, -0.1) is 0 Å². The van der Waals surface area contributed by atoms with Crippen molar-refractivity contribution in [2.45, 2.75) is 64.9 Å². The quantitative estimate of drug-likeness (QED) is 0.359. The molecule has 24 heavy (non-hydrogen) atoms. The molecule has 0 heterocycles. The molecule has 0 spiro atoms. The second-order valence-electron chi connectivity index (χ2n) is 5.74.